The molecule has 0 amide bonds. The molecule has 2 aromatic rings. The van der Waals surface area contributed by atoms with Gasteiger partial charge in [-0.1, -0.05) is 49.2 Å². The summed E-state index contributed by atoms with van der Waals surface area (Å²) in [4.78, 5) is 0. The van der Waals surface area contributed by atoms with Crippen LogP contribution in [0.25, 0.3) is 0 Å². The number of hydrogen-bond acceptors (Lipinski definition) is 1. The summed E-state index contributed by atoms with van der Waals surface area (Å²) in [5.41, 5.74) is 2.94. The number of benzene rings is 1. The molecule has 0 bridgehead atoms. The van der Waals surface area contributed by atoms with E-state index >= 15 is 0 Å². The summed E-state index contributed by atoms with van der Waals surface area (Å²) in [5, 5.41) is 5.88. The normalized spacial score (nSPS) is 11.3. The largest absolute Gasteiger partial charge is 0.249 e. The van der Waals surface area contributed by atoms with Crippen molar-refractivity contribution >= 4 is 34.8 Å². The Labute approximate surface area is 128 Å². The molecule has 0 saturated heterocycles. The van der Waals surface area contributed by atoms with Gasteiger partial charge in [0.2, 0.25) is 0 Å². The van der Waals surface area contributed by atoms with E-state index in [2.05, 4.69) is 18.9 Å². The molecule has 2 rings (SSSR count). The van der Waals surface area contributed by atoms with Crippen LogP contribution >= 0.6 is 34.8 Å². The molecule has 0 atom stereocenters. The Morgan fingerprint density at radius 2 is 2.00 bits per heavy atom. The van der Waals surface area contributed by atoms with Crippen molar-refractivity contribution in [3.8, 4) is 0 Å². The van der Waals surface area contributed by atoms with Gasteiger partial charge in [-0.25, -0.2) is 4.68 Å². The molecule has 102 valence electrons. The monoisotopic (exact) mass is 316 g/mol. The Kier molecular flexibility index (Phi) is 4.77. The summed E-state index contributed by atoms with van der Waals surface area (Å²) in [6.45, 7) is 4.76. The quantitative estimate of drug-likeness (QED) is 0.717. The second-order valence-electron chi connectivity index (χ2n) is 4.73. The van der Waals surface area contributed by atoms with E-state index in [-0.39, 0.29) is 0 Å². The molecule has 1 aromatic carbocycles. The number of nitrogens with zero attached hydrogens (tertiary/aromatic N) is 2. The van der Waals surface area contributed by atoms with Gasteiger partial charge in [-0.3, -0.25) is 0 Å². The van der Waals surface area contributed by atoms with Gasteiger partial charge < -0.3 is 0 Å². The Morgan fingerprint density at radius 3 is 2.53 bits per heavy atom. The molecule has 2 nitrogen and oxygen atoms in total. The Hall–Kier alpha value is -0.700. The van der Waals surface area contributed by atoms with Crippen LogP contribution in [0.15, 0.2) is 24.3 Å². The summed E-state index contributed by atoms with van der Waals surface area (Å²) in [6.07, 6.45) is 0. The first-order chi connectivity index (χ1) is 9.02. The van der Waals surface area contributed by atoms with Crippen molar-refractivity contribution in [2.45, 2.75) is 32.2 Å². The molecule has 0 saturated carbocycles. The van der Waals surface area contributed by atoms with Crippen LogP contribution in [0.5, 0.6) is 0 Å². The lowest BCUT2D eigenvalue weighted by Crippen LogP contribution is -2.02. The predicted octanol–water partition coefficient (Wildman–Crippen LogP) is 5.10. The molecule has 0 aliphatic heterocycles. The van der Waals surface area contributed by atoms with Crippen LogP contribution in [0.4, 0.5) is 0 Å². The number of hydrogen-bond donors (Lipinski definition) is 0. The van der Waals surface area contributed by atoms with Gasteiger partial charge in [0, 0.05) is 10.6 Å². The van der Waals surface area contributed by atoms with Crippen LogP contribution in [-0.4, -0.2) is 9.78 Å². The maximum absolute atomic E-state index is 6.35. The molecule has 0 unspecified atom stereocenters. The van der Waals surface area contributed by atoms with Gasteiger partial charge in [0.15, 0.2) is 0 Å². The number of alkyl halides is 1. The molecule has 19 heavy (non-hydrogen) atoms. The van der Waals surface area contributed by atoms with Crippen molar-refractivity contribution in [3.05, 3.63) is 51.3 Å². The van der Waals surface area contributed by atoms with Crippen molar-refractivity contribution in [2.75, 3.05) is 0 Å². The van der Waals surface area contributed by atoms with Gasteiger partial charge in [0.05, 0.1) is 18.1 Å². The molecule has 1 heterocycles. The van der Waals surface area contributed by atoms with E-state index in [0.29, 0.717) is 28.5 Å². The molecule has 0 aliphatic rings. The molecule has 5 heteroatoms. The standard InChI is InChI=1S/C14H15Cl3N2/c1-9(2)13-12(7-15)14(17)19(18-13)8-10-4-3-5-11(16)6-10/h3-6,9H,7-8H2,1-2H3. The van der Waals surface area contributed by atoms with Crippen LogP contribution < -0.4 is 0 Å². The fourth-order valence-electron chi connectivity index (χ4n) is 2.00. The van der Waals surface area contributed by atoms with Gasteiger partial charge in [0.25, 0.3) is 0 Å². The van der Waals surface area contributed by atoms with E-state index in [9.17, 15) is 0 Å². The summed E-state index contributed by atoms with van der Waals surface area (Å²) in [5.74, 6) is 0.675. The number of aromatic nitrogens is 2. The summed E-state index contributed by atoms with van der Waals surface area (Å²) in [7, 11) is 0. The smallest absolute Gasteiger partial charge is 0.132 e. The minimum absolute atomic E-state index is 0.298. The summed E-state index contributed by atoms with van der Waals surface area (Å²) >= 11 is 18.3. The van der Waals surface area contributed by atoms with Gasteiger partial charge >= 0.3 is 0 Å². The molecule has 0 radical (unpaired) electrons. The molecule has 0 N–H and O–H groups in total. The second kappa shape index (κ2) is 6.17. The lowest BCUT2D eigenvalue weighted by Gasteiger charge is -2.04. The lowest BCUT2D eigenvalue weighted by molar-refractivity contribution is 0.658. The van der Waals surface area contributed by atoms with E-state index in [4.69, 9.17) is 34.8 Å². The third-order valence-electron chi connectivity index (χ3n) is 2.92. The van der Waals surface area contributed by atoms with Crippen LogP contribution in [0.3, 0.4) is 0 Å². The lowest BCUT2D eigenvalue weighted by atomic mass is 10.1. The van der Waals surface area contributed by atoms with Crippen molar-refractivity contribution in [2.24, 2.45) is 0 Å². The second-order valence-corrected chi connectivity index (χ2v) is 5.79. The SMILES string of the molecule is CC(C)c1nn(Cc2cccc(Cl)c2)c(Cl)c1CCl. The average molecular weight is 318 g/mol. The zero-order valence-corrected chi connectivity index (χ0v) is 13.1. The van der Waals surface area contributed by atoms with Crippen LogP contribution in [0.1, 0.15) is 36.6 Å². The molecule has 0 fully saturated rings. The third kappa shape index (κ3) is 3.25. The minimum Gasteiger partial charge on any atom is -0.249 e. The Morgan fingerprint density at radius 1 is 1.26 bits per heavy atom. The van der Waals surface area contributed by atoms with E-state index in [1.807, 2.05) is 24.3 Å². The Bertz CT molecular complexity index is 576. The predicted molar refractivity (Wildman–Crippen MR) is 81.4 cm³/mol. The zero-order chi connectivity index (χ0) is 14.0. The molecule has 1 aromatic heterocycles. The van der Waals surface area contributed by atoms with Crippen LogP contribution in [0.2, 0.25) is 10.2 Å². The molecular formula is C14H15Cl3N2. The first kappa shape index (κ1) is 14.7. The van der Waals surface area contributed by atoms with Crippen molar-refractivity contribution in [1.82, 2.24) is 9.78 Å². The van der Waals surface area contributed by atoms with Crippen molar-refractivity contribution in [3.63, 3.8) is 0 Å². The molecule has 0 spiro atoms. The van der Waals surface area contributed by atoms with Crippen LogP contribution in [-0.2, 0) is 12.4 Å². The maximum atomic E-state index is 6.35. The molecule has 0 aliphatic carbocycles. The minimum atomic E-state index is 0.298. The van der Waals surface area contributed by atoms with Gasteiger partial charge in [0.1, 0.15) is 5.15 Å². The first-order valence-electron chi connectivity index (χ1n) is 6.08. The number of halogens is 3. The highest BCUT2D eigenvalue weighted by Gasteiger charge is 2.17. The van der Waals surface area contributed by atoms with E-state index in [1.54, 1.807) is 4.68 Å². The van der Waals surface area contributed by atoms with E-state index < -0.39 is 0 Å². The fraction of sp³-hybridized carbons (Fsp3) is 0.357. The summed E-state index contributed by atoms with van der Waals surface area (Å²) in [6, 6.07) is 7.68. The van der Waals surface area contributed by atoms with E-state index in [0.717, 1.165) is 16.8 Å². The highest BCUT2D eigenvalue weighted by atomic mass is 35.5. The average Bonchev–Trinajstić information content (AvgIpc) is 2.66. The van der Waals surface area contributed by atoms with Gasteiger partial charge in [-0.05, 0) is 23.6 Å². The topological polar surface area (TPSA) is 17.8 Å². The highest BCUT2D eigenvalue weighted by Crippen LogP contribution is 2.28. The fourth-order valence-corrected chi connectivity index (χ4v) is 2.80. The maximum Gasteiger partial charge on any atom is 0.132 e. The Balaban J connectivity index is 2.35. The number of rotatable bonds is 4. The highest BCUT2D eigenvalue weighted by molar-refractivity contribution is 6.31. The first-order valence-corrected chi connectivity index (χ1v) is 7.37. The van der Waals surface area contributed by atoms with Gasteiger partial charge in [-0.15, -0.1) is 11.6 Å². The molecular weight excluding hydrogens is 303 g/mol. The summed E-state index contributed by atoms with van der Waals surface area (Å²) < 4.78 is 1.78. The van der Waals surface area contributed by atoms with Gasteiger partial charge in [-0.2, -0.15) is 5.10 Å². The van der Waals surface area contributed by atoms with E-state index in [1.165, 1.54) is 0 Å². The van der Waals surface area contributed by atoms with Crippen molar-refractivity contribution in [1.29, 1.82) is 0 Å². The van der Waals surface area contributed by atoms with Crippen molar-refractivity contribution < 1.29 is 0 Å². The van der Waals surface area contributed by atoms with Crippen LogP contribution in [0, 0.1) is 0 Å². The third-order valence-corrected chi connectivity index (χ3v) is 3.84. The zero-order valence-electron chi connectivity index (χ0n) is 10.8.